The van der Waals surface area contributed by atoms with Gasteiger partial charge in [0.15, 0.2) is 0 Å². The van der Waals surface area contributed by atoms with Crippen LogP contribution in [0.15, 0.2) is 18.2 Å². The number of benzene rings is 1. The lowest BCUT2D eigenvalue weighted by molar-refractivity contribution is 0.277. The molecule has 0 saturated heterocycles. The quantitative estimate of drug-likeness (QED) is 0.712. The third-order valence-electron chi connectivity index (χ3n) is 2.29. The third kappa shape index (κ3) is 1.12. The number of hydrogen-bond donors (Lipinski definition) is 1. The number of fused-ring (bicyclic) bond motifs is 1. The largest absolute Gasteiger partial charge is 0.390 e. The van der Waals surface area contributed by atoms with Gasteiger partial charge in [0.25, 0.3) is 0 Å². The fourth-order valence-electron chi connectivity index (χ4n) is 1.72. The summed E-state index contributed by atoms with van der Waals surface area (Å²) in [5, 5.41) is 14.3. The van der Waals surface area contributed by atoms with Crippen molar-refractivity contribution in [2.24, 2.45) is 7.05 Å². The fraction of sp³-hybridized carbons (Fsp3) is 0.300. The van der Waals surface area contributed by atoms with Gasteiger partial charge in [0, 0.05) is 12.4 Å². The predicted octanol–water partition coefficient (Wildman–Crippen LogP) is 1.37. The molecule has 13 heavy (non-hydrogen) atoms. The molecule has 0 fully saturated rings. The van der Waals surface area contributed by atoms with E-state index in [-0.39, 0.29) is 6.61 Å². The summed E-state index contributed by atoms with van der Waals surface area (Å²) >= 11 is 0. The SMILES string of the molecule is Cc1cccc2c(CO)nn(C)c12. The van der Waals surface area contributed by atoms with Crippen molar-refractivity contribution in [1.82, 2.24) is 9.78 Å². The van der Waals surface area contributed by atoms with E-state index in [1.807, 2.05) is 36.9 Å². The van der Waals surface area contributed by atoms with Crippen LogP contribution in [0.25, 0.3) is 10.9 Å². The van der Waals surface area contributed by atoms with Gasteiger partial charge in [0.05, 0.1) is 17.8 Å². The van der Waals surface area contributed by atoms with Crippen molar-refractivity contribution >= 4 is 10.9 Å². The zero-order chi connectivity index (χ0) is 9.42. The Labute approximate surface area is 76.6 Å². The first-order chi connectivity index (χ1) is 6.24. The predicted molar refractivity (Wildman–Crippen MR) is 51.4 cm³/mol. The molecular weight excluding hydrogens is 164 g/mol. The number of para-hydroxylation sites is 1. The molecule has 0 spiro atoms. The van der Waals surface area contributed by atoms with Crippen molar-refractivity contribution in [1.29, 1.82) is 0 Å². The van der Waals surface area contributed by atoms with E-state index in [4.69, 9.17) is 5.11 Å². The van der Waals surface area contributed by atoms with Crippen molar-refractivity contribution in [3.8, 4) is 0 Å². The van der Waals surface area contributed by atoms with E-state index in [2.05, 4.69) is 5.10 Å². The van der Waals surface area contributed by atoms with Gasteiger partial charge in [0.2, 0.25) is 0 Å². The molecular formula is C10H12N2O. The summed E-state index contributed by atoms with van der Waals surface area (Å²) in [6.07, 6.45) is 0. The Hall–Kier alpha value is -1.35. The summed E-state index contributed by atoms with van der Waals surface area (Å²) < 4.78 is 1.82. The molecule has 1 N–H and O–H groups in total. The molecule has 0 saturated carbocycles. The second-order valence-corrected chi connectivity index (χ2v) is 3.20. The average Bonchev–Trinajstić information content (AvgIpc) is 2.44. The first-order valence-corrected chi connectivity index (χ1v) is 4.26. The number of aryl methyl sites for hydroxylation is 2. The number of aliphatic hydroxyl groups excluding tert-OH is 1. The summed E-state index contributed by atoms with van der Waals surface area (Å²) in [6, 6.07) is 6.02. The second-order valence-electron chi connectivity index (χ2n) is 3.20. The standard InChI is InChI=1S/C10H12N2O/c1-7-4-3-5-8-9(6-13)11-12(2)10(7)8/h3-5,13H,6H2,1-2H3. The fourth-order valence-corrected chi connectivity index (χ4v) is 1.72. The molecule has 0 aliphatic carbocycles. The number of aliphatic hydroxyl groups is 1. The van der Waals surface area contributed by atoms with Crippen LogP contribution in [0.4, 0.5) is 0 Å². The molecule has 1 heterocycles. The molecule has 0 unspecified atom stereocenters. The van der Waals surface area contributed by atoms with Crippen LogP contribution in [0.5, 0.6) is 0 Å². The molecule has 3 nitrogen and oxygen atoms in total. The molecule has 1 aromatic heterocycles. The molecule has 2 aromatic rings. The first-order valence-electron chi connectivity index (χ1n) is 4.26. The smallest absolute Gasteiger partial charge is 0.0957 e. The number of nitrogens with zero attached hydrogens (tertiary/aromatic N) is 2. The summed E-state index contributed by atoms with van der Waals surface area (Å²) in [4.78, 5) is 0. The molecule has 68 valence electrons. The normalized spacial score (nSPS) is 11.0. The van der Waals surface area contributed by atoms with Gasteiger partial charge in [-0.15, -0.1) is 0 Å². The van der Waals surface area contributed by atoms with Gasteiger partial charge in [0.1, 0.15) is 0 Å². The summed E-state index contributed by atoms with van der Waals surface area (Å²) in [7, 11) is 1.90. The van der Waals surface area contributed by atoms with Crippen molar-refractivity contribution in [3.63, 3.8) is 0 Å². The molecule has 0 amide bonds. The Morgan fingerprint density at radius 3 is 2.92 bits per heavy atom. The number of hydrogen-bond acceptors (Lipinski definition) is 2. The van der Waals surface area contributed by atoms with Crippen LogP contribution in [0.1, 0.15) is 11.3 Å². The van der Waals surface area contributed by atoms with Gasteiger partial charge < -0.3 is 5.11 Å². The Morgan fingerprint density at radius 1 is 1.46 bits per heavy atom. The highest BCUT2D eigenvalue weighted by Crippen LogP contribution is 2.20. The zero-order valence-corrected chi connectivity index (χ0v) is 7.78. The lowest BCUT2D eigenvalue weighted by atomic mass is 10.1. The van der Waals surface area contributed by atoms with Crippen molar-refractivity contribution in [3.05, 3.63) is 29.5 Å². The molecule has 0 atom stereocenters. The van der Waals surface area contributed by atoms with Gasteiger partial charge in [-0.25, -0.2) is 0 Å². The molecule has 3 heteroatoms. The van der Waals surface area contributed by atoms with Crippen LogP contribution in [0, 0.1) is 6.92 Å². The molecule has 0 aliphatic rings. The van der Waals surface area contributed by atoms with E-state index in [0.717, 1.165) is 16.6 Å². The van der Waals surface area contributed by atoms with E-state index < -0.39 is 0 Å². The highest BCUT2D eigenvalue weighted by atomic mass is 16.3. The molecule has 2 rings (SSSR count). The maximum absolute atomic E-state index is 9.06. The summed E-state index contributed by atoms with van der Waals surface area (Å²) in [5.41, 5.74) is 3.04. The highest BCUT2D eigenvalue weighted by molar-refractivity contribution is 5.84. The van der Waals surface area contributed by atoms with Crippen LogP contribution in [-0.2, 0) is 13.7 Å². The number of rotatable bonds is 1. The van der Waals surface area contributed by atoms with Crippen molar-refractivity contribution in [2.45, 2.75) is 13.5 Å². The highest BCUT2D eigenvalue weighted by Gasteiger charge is 2.08. The maximum Gasteiger partial charge on any atom is 0.0957 e. The third-order valence-corrected chi connectivity index (χ3v) is 2.29. The zero-order valence-electron chi connectivity index (χ0n) is 7.78. The van der Waals surface area contributed by atoms with Crippen molar-refractivity contribution < 1.29 is 5.11 Å². The van der Waals surface area contributed by atoms with Crippen LogP contribution >= 0.6 is 0 Å². The maximum atomic E-state index is 9.06. The lowest BCUT2D eigenvalue weighted by Gasteiger charge is -1.97. The van der Waals surface area contributed by atoms with E-state index in [0.29, 0.717) is 0 Å². The molecule has 0 aliphatic heterocycles. The number of aromatic nitrogens is 2. The Kier molecular flexibility index (Phi) is 1.81. The van der Waals surface area contributed by atoms with Gasteiger partial charge in [-0.3, -0.25) is 4.68 Å². The summed E-state index contributed by atoms with van der Waals surface area (Å²) in [5.74, 6) is 0. The minimum Gasteiger partial charge on any atom is -0.390 e. The van der Waals surface area contributed by atoms with Crippen LogP contribution in [-0.4, -0.2) is 14.9 Å². The Balaban J connectivity index is 2.87. The van der Waals surface area contributed by atoms with E-state index >= 15 is 0 Å². The van der Waals surface area contributed by atoms with E-state index in [1.54, 1.807) is 0 Å². The van der Waals surface area contributed by atoms with Crippen LogP contribution in [0.3, 0.4) is 0 Å². The van der Waals surface area contributed by atoms with Crippen LogP contribution in [0.2, 0.25) is 0 Å². The van der Waals surface area contributed by atoms with E-state index in [1.165, 1.54) is 5.56 Å². The Bertz CT molecular complexity index is 445. The van der Waals surface area contributed by atoms with Crippen molar-refractivity contribution in [2.75, 3.05) is 0 Å². The minimum absolute atomic E-state index is 0.000787. The molecule has 0 radical (unpaired) electrons. The second kappa shape index (κ2) is 2.85. The minimum atomic E-state index is 0.000787. The lowest BCUT2D eigenvalue weighted by Crippen LogP contribution is -1.92. The van der Waals surface area contributed by atoms with Gasteiger partial charge in [-0.05, 0) is 12.5 Å². The van der Waals surface area contributed by atoms with Gasteiger partial charge in [-0.1, -0.05) is 18.2 Å². The van der Waals surface area contributed by atoms with Gasteiger partial charge in [-0.2, -0.15) is 5.10 Å². The monoisotopic (exact) mass is 176 g/mol. The summed E-state index contributed by atoms with van der Waals surface area (Å²) in [6.45, 7) is 2.05. The average molecular weight is 176 g/mol. The Morgan fingerprint density at radius 2 is 2.23 bits per heavy atom. The van der Waals surface area contributed by atoms with Gasteiger partial charge >= 0.3 is 0 Å². The molecule has 0 bridgehead atoms. The van der Waals surface area contributed by atoms with Crippen LogP contribution < -0.4 is 0 Å². The topological polar surface area (TPSA) is 38.1 Å². The van der Waals surface area contributed by atoms with E-state index in [9.17, 15) is 0 Å². The molecule has 1 aromatic carbocycles. The first kappa shape index (κ1) is 8.26.